The van der Waals surface area contributed by atoms with Crippen LogP contribution in [0.15, 0.2) is 72.8 Å². The normalized spacial score (nSPS) is 12.5. The molecular weight excluding hydrogens is 559 g/mol. The van der Waals surface area contributed by atoms with E-state index in [1.165, 1.54) is 48.5 Å². The number of rotatable bonds is 12. The lowest BCUT2D eigenvalue weighted by molar-refractivity contribution is -0.128. The number of benzene rings is 3. The van der Waals surface area contributed by atoms with Gasteiger partial charge in [0.15, 0.2) is 0 Å². The first-order valence-electron chi connectivity index (χ1n) is 13.2. The third kappa shape index (κ3) is 10.2. The van der Waals surface area contributed by atoms with E-state index in [-0.39, 0.29) is 23.7 Å². The van der Waals surface area contributed by atoms with E-state index in [9.17, 15) is 18.9 Å². The van der Waals surface area contributed by atoms with Crippen molar-refractivity contribution in [1.82, 2.24) is 10.6 Å². The number of carbonyl (C=O) groups is 3. The van der Waals surface area contributed by atoms with Crippen LogP contribution >= 0.6 is 7.82 Å². The van der Waals surface area contributed by atoms with Gasteiger partial charge in [-0.3, -0.25) is 24.2 Å². The summed E-state index contributed by atoms with van der Waals surface area (Å²) in [7, 11) is -4.75. The molecule has 3 amide bonds. The van der Waals surface area contributed by atoms with Crippen LogP contribution in [0.25, 0.3) is 0 Å². The molecule has 0 saturated carbocycles. The highest BCUT2D eigenvalue weighted by Gasteiger charge is 2.28. The second kappa shape index (κ2) is 14.4. The van der Waals surface area contributed by atoms with Crippen LogP contribution in [0, 0.1) is 24.2 Å². The molecule has 2 atom stereocenters. The lowest BCUT2D eigenvalue weighted by Gasteiger charge is -2.24. The Morgan fingerprint density at radius 2 is 1.60 bits per heavy atom. The highest BCUT2D eigenvalue weighted by Crippen LogP contribution is 2.37. The summed E-state index contributed by atoms with van der Waals surface area (Å²) in [6.45, 7) is 5.74. The minimum Gasteiger partial charge on any atom is -0.404 e. The first kappa shape index (κ1) is 32.0. The van der Waals surface area contributed by atoms with Gasteiger partial charge in [0.25, 0.3) is 5.91 Å². The number of amides is 3. The molecule has 220 valence electrons. The molecule has 0 aliphatic rings. The third-order valence-electron chi connectivity index (χ3n) is 6.11. The van der Waals surface area contributed by atoms with Gasteiger partial charge in [-0.25, -0.2) is 4.57 Å². The Morgan fingerprint density at radius 3 is 2.17 bits per heavy atom. The second-order valence-electron chi connectivity index (χ2n) is 10.2. The van der Waals surface area contributed by atoms with Crippen molar-refractivity contribution in [2.75, 3.05) is 5.32 Å². The van der Waals surface area contributed by atoms with E-state index < -0.39 is 37.6 Å². The van der Waals surface area contributed by atoms with Gasteiger partial charge in [-0.2, -0.15) is 5.26 Å². The number of anilines is 1. The quantitative estimate of drug-likeness (QED) is 0.197. The van der Waals surface area contributed by atoms with Gasteiger partial charge < -0.3 is 20.5 Å². The van der Waals surface area contributed by atoms with Crippen molar-refractivity contribution in [2.45, 2.75) is 45.7 Å². The molecule has 0 radical (unpaired) electrons. The average Bonchev–Trinajstić information content (AvgIpc) is 2.92. The maximum Gasteiger partial charge on any atom is 0.524 e. The predicted octanol–water partition coefficient (Wildman–Crippen LogP) is 3.85. The van der Waals surface area contributed by atoms with E-state index in [0.29, 0.717) is 23.2 Å². The van der Waals surface area contributed by atoms with E-state index >= 15 is 0 Å². The van der Waals surface area contributed by atoms with Crippen molar-refractivity contribution in [3.63, 3.8) is 0 Å². The summed E-state index contributed by atoms with van der Waals surface area (Å²) in [5, 5.41) is 17.4. The summed E-state index contributed by atoms with van der Waals surface area (Å²) >= 11 is 0. The molecule has 5 N–H and O–H groups in total. The number of hydrogen-bond acceptors (Lipinski definition) is 6. The Labute approximate surface area is 244 Å². The highest BCUT2D eigenvalue weighted by molar-refractivity contribution is 7.46. The number of phosphoric ester groups is 1. The standard InChI is InChI=1S/C30H33N4O7P/c1-19(2)15-26(29(36)32-24-6-4-5-20(3)16-24)34-30(37)27(33-28(35)23-11-7-22(18-31)8-12-23)17-21-9-13-25(14-10-21)41-42(38,39)40/h4-14,16,19,26-27H,15,17H2,1-3H3,(H,32,36)(H,33,35)(H,34,37)(H2,38,39,40)/t26-,27-/m0/s1. The first-order chi connectivity index (χ1) is 19.8. The maximum absolute atomic E-state index is 13.6. The molecule has 3 aromatic carbocycles. The number of nitrogens with zero attached hydrogens (tertiary/aromatic N) is 1. The Hall–Kier alpha value is -4.49. The van der Waals surface area contributed by atoms with Crippen LogP contribution in [0.2, 0.25) is 0 Å². The van der Waals surface area contributed by atoms with Gasteiger partial charge in [-0.05, 0) is 78.9 Å². The van der Waals surface area contributed by atoms with E-state index in [1.807, 2.05) is 45.0 Å². The van der Waals surface area contributed by atoms with Crippen molar-refractivity contribution in [2.24, 2.45) is 5.92 Å². The third-order valence-corrected chi connectivity index (χ3v) is 6.56. The summed E-state index contributed by atoms with van der Waals surface area (Å²) in [5.41, 5.74) is 2.70. The van der Waals surface area contributed by atoms with Crippen molar-refractivity contribution >= 4 is 31.2 Å². The van der Waals surface area contributed by atoms with E-state index in [4.69, 9.17) is 15.0 Å². The fourth-order valence-electron chi connectivity index (χ4n) is 4.13. The summed E-state index contributed by atoms with van der Waals surface area (Å²) < 4.78 is 15.7. The SMILES string of the molecule is Cc1cccc(NC(=O)[C@H](CC(C)C)NC(=O)[C@H](Cc2ccc(OP(=O)(O)O)cc2)NC(=O)c2ccc(C#N)cc2)c1. The van der Waals surface area contributed by atoms with Gasteiger partial charge in [-0.15, -0.1) is 0 Å². The van der Waals surface area contributed by atoms with Gasteiger partial charge in [-0.1, -0.05) is 38.1 Å². The number of hydrogen-bond donors (Lipinski definition) is 5. The van der Waals surface area contributed by atoms with Crippen LogP contribution in [0.5, 0.6) is 5.75 Å². The monoisotopic (exact) mass is 592 g/mol. The molecule has 0 bridgehead atoms. The van der Waals surface area contributed by atoms with E-state index in [1.54, 1.807) is 6.07 Å². The first-order valence-corrected chi connectivity index (χ1v) is 14.7. The fourth-order valence-corrected chi connectivity index (χ4v) is 4.53. The zero-order valence-corrected chi connectivity index (χ0v) is 24.3. The van der Waals surface area contributed by atoms with Gasteiger partial charge in [0, 0.05) is 17.7 Å². The molecule has 0 unspecified atom stereocenters. The molecule has 42 heavy (non-hydrogen) atoms. The minimum atomic E-state index is -4.75. The van der Waals surface area contributed by atoms with Crippen LogP contribution in [-0.4, -0.2) is 39.6 Å². The van der Waals surface area contributed by atoms with Gasteiger partial charge in [0.05, 0.1) is 11.6 Å². The van der Waals surface area contributed by atoms with Crippen LogP contribution in [-0.2, 0) is 20.6 Å². The molecule has 0 fully saturated rings. The zero-order chi connectivity index (χ0) is 30.9. The molecule has 3 rings (SSSR count). The summed E-state index contributed by atoms with van der Waals surface area (Å²) in [4.78, 5) is 57.9. The molecular formula is C30H33N4O7P. The molecule has 12 heteroatoms. The zero-order valence-electron chi connectivity index (χ0n) is 23.4. The topological polar surface area (TPSA) is 178 Å². The van der Waals surface area contributed by atoms with Crippen LogP contribution in [0.4, 0.5) is 5.69 Å². The smallest absolute Gasteiger partial charge is 0.404 e. The number of nitriles is 1. The number of aryl methyl sites for hydroxylation is 1. The van der Waals surface area contributed by atoms with E-state index in [2.05, 4.69) is 20.5 Å². The lowest BCUT2D eigenvalue weighted by atomic mass is 10.0. The minimum absolute atomic E-state index is 0.00204. The van der Waals surface area contributed by atoms with Gasteiger partial charge in [0.2, 0.25) is 11.8 Å². The molecule has 0 aromatic heterocycles. The lowest BCUT2D eigenvalue weighted by Crippen LogP contribution is -2.53. The van der Waals surface area contributed by atoms with Gasteiger partial charge in [0.1, 0.15) is 17.8 Å². The Morgan fingerprint density at radius 1 is 0.929 bits per heavy atom. The summed E-state index contributed by atoms with van der Waals surface area (Å²) in [5.74, 6) is -1.58. The Kier molecular flexibility index (Phi) is 11.0. The van der Waals surface area contributed by atoms with Crippen LogP contribution in [0.3, 0.4) is 0 Å². The molecule has 0 spiro atoms. The maximum atomic E-state index is 13.6. The highest BCUT2D eigenvalue weighted by atomic mass is 31.2. The van der Waals surface area contributed by atoms with Gasteiger partial charge >= 0.3 is 7.82 Å². The Balaban J connectivity index is 1.84. The molecule has 0 heterocycles. The van der Waals surface area contributed by atoms with Crippen LogP contribution in [0.1, 0.15) is 47.3 Å². The van der Waals surface area contributed by atoms with E-state index in [0.717, 1.165) is 5.56 Å². The number of phosphoric acid groups is 1. The average molecular weight is 593 g/mol. The fraction of sp³-hybridized carbons (Fsp3) is 0.267. The van der Waals surface area contributed by atoms with Crippen LogP contribution < -0.4 is 20.5 Å². The molecule has 0 aliphatic heterocycles. The molecule has 11 nitrogen and oxygen atoms in total. The summed E-state index contributed by atoms with van der Waals surface area (Å²) in [6.07, 6.45) is 0.339. The second-order valence-corrected chi connectivity index (χ2v) is 11.4. The van der Waals surface area contributed by atoms with Crippen molar-refractivity contribution in [3.05, 3.63) is 95.1 Å². The number of carbonyl (C=O) groups excluding carboxylic acids is 3. The van der Waals surface area contributed by atoms with Crippen molar-refractivity contribution in [3.8, 4) is 11.8 Å². The largest absolute Gasteiger partial charge is 0.524 e. The summed E-state index contributed by atoms with van der Waals surface area (Å²) in [6, 6.07) is 18.8. The number of nitrogens with one attached hydrogen (secondary N) is 3. The Bertz CT molecular complexity index is 1500. The van der Waals surface area contributed by atoms with Crippen molar-refractivity contribution < 1.29 is 33.3 Å². The van der Waals surface area contributed by atoms with Crippen molar-refractivity contribution in [1.29, 1.82) is 5.26 Å². The molecule has 0 aliphatic carbocycles. The molecule has 3 aromatic rings. The predicted molar refractivity (Wildman–Crippen MR) is 156 cm³/mol. The molecule has 0 saturated heterocycles.